The van der Waals surface area contributed by atoms with E-state index in [1.807, 2.05) is 6.92 Å². The summed E-state index contributed by atoms with van der Waals surface area (Å²) in [5, 5.41) is 27.8. The molecule has 4 atom stereocenters. The van der Waals surface area contributed by atoms with Gasteiger partial charge in [-0.3, -0.25) is 0 Å². The lowest BCUT2D eigenvalue weighted by atomic mass is 10.1. The van der Waals surface area contributed by atoms with Gasteiger partial charge in [0.25, 0.3) is 0 Å². The summed E-state index contributed by atoms with van der Waals surface area (Å²) >= 11 is 0. The molecule has 160 valence electrons. The number of rotatable bonds is 4. The lowest BCUT2D eigenvalue weighted by Crippen LogP contribution is -2.35. The zero-order chi connectivity index (χ0) is 21.6. The summed E-state index contributed by atoms with van der Waals surface area (Å²) in [6.45, 7) is 1.85. The fraction of sp³-hybridized carbons (Fsp3) is 0.400. The number of methoxy groups -OCH3 is 1. The number of alkyl halides is 3. The van der Waals surface area contributed by atoms with Gasteiger partial charge in [-0.25, -0.2) is 4.98 Å². The highest BCUT2D eigenvalue weighted by molar-refractivity contribution is 5.72. The van der Waals surface area contributed by atoms with Crippen molar-refractivity contribution < 1.29 is 28.1 Å². The molecule has 4 rings (SSSR count). The molecule has 1 aliphatic carbocycles. The molecule has 0 unspecified atom stereocenters. The van der Waals surface area contributed by atoms with Crippen molar-refractivity contribution in [3.05, 3.63) is 42.1 Å². The number of fused-ring (bicyclic) bond motifs is 1. The van der Waals surface area contributed by atoms with E-state index in [9.17, 15) is 23.4 Å². The molecule has 30 heavy (non-hydrogen) atoms. The van der Waals surface area contributed by atoms with Crippen molar-refractivity contribution in [1.82, 2.24) is 14.6 Å². The van der Waals surface area contributed by atoms with Crippen LogP contribution in [0, 0.1) is 5.92 Å². The molecule has 0 saturated heterocycles. The lowest BCUT2D eigenvalue weighted by Gasteiger charge is -2.19. The SMILES string of the molecule is COc1ccc(C(F)(F)F)cc1-c1cc2nccc(N[C@@H]3C[C@@H](C)[C@@H](O)[C@H]3O)n2n1. The van der Waals surface area contributed by atoms with E-state index in [4.69, 9.17) is 4.74 Å². The van der Waals surface area contributed by atoms with Gasteiger partial charge in [0.15, 0.2) is 5.65 Å². The normalized spacial score (nSPS) is 24.4. The van der Waals surface area contributed by atoms with E-state index < -0.39 is 30.0 Å². The number of aromatic nitrogens is 3. The van der Waals surface area contributed by atoms with Gasteiger partial charge in [0.05, 0.1) is 30.5 Å². The predicted octanol–water partition coefficient (Wildman–Crippen LogP) is 2.97. The Kier molecular flexibility index (Phi) is 5.07. The van der Waals surface area contributed by atoms with E-state index in [1.54, 1.807) is 12.1 Å². The number of ether oxygens (including phenoxy) is 1. The number of hydrogen-bond acceptors (Lipinski definition) is 6. The summed E-state index contributed by atoms with van der Waals surface area (Å²) in [6, 6.07) is 6.02. The first-order valence-electron chi connectivity index (χ1n) is 9.42. The molecule has 0 amide bonds. The van der Waals surface area contributed by atoms with Gasteiger partial charge >= 0.3 is 6.18 Å². The summed E-state index contributed by atoms with van der Waals surface area (Å²) in [5.41, 5.74) is 0.0584. The van der Waals surface area contributed by atoms with E-state index in [-0.39, 0.29) is 22.9 Å². The molecule has 3 aromatic rings. The summed E-state index contributed by atoms with van der Waals surface area (Å²) in [4.78, 5) is 4.22. The average Bonchev–Trinajstić information content (AvgIpc) is 3.25. The standard InChI is InChI=1S/C20H21F3N4O3/c1-10-7-14(19(29)18(10)28)25-16-5-6-24-17-9-13(26-27(16)17)12-8-11(20(21,22)23)3-4-15(12)30-2/h3-6,8-10,14,18-19,25,28-29H,7H2,1-2H3/t10-,14-,18-,19+/m1/s1. The van der Waals surface area contributed by atoms with Gasteiger partial charge in [-0.15, -0.1) is 0 Å². The molecule has 1 aromatic carbocycles. The molecule has 7 nitrogen and oxygen atoms in total. The highest BCUT2D eigenvalue weighted by Crippen LogP contribution is 2.37. The molecule has 1 saturated carbocycles. The van der Waals surface area contributed by atoms with E-state index >= 15 is 0 Å². The largest absolute Gasteiger partial charge is 0.496 e. The maximum absolute atomic E-state index is 13.2. The Labute approximate surface area is 170 Å². The third-order valence-electron chi connectivity index (χ3n) is 5.46. The Morgan fingerprint density at radius 3 is 2.57 bits per heavy atom. The minimum Gasteiger partial charge on any atom is -0.496 e. The Balaban J connectivity index is 1.74. The molecule has 0 radical (unpaired) electrons. The predicted molar refractivity (Wildman–Crippen MR) is 103 cm³/mol. The number of halogens is 3. The average molecular weight is 422 g/mol. The maximum Gasteiger partial charge on any atom is 0.416 e. The third-order valence-corrected chi connectivity index (χ3v) is 5.46. The molecule has 10 heteroatoms. The Bertz CT molecular complexity index is 1070. The zero-order valence-electron chi connectivity index (χ0n) is 16.3. The van der Waals surface area contributed by atoms with E-state index in [2.05, 4.69) is 15.4 Å². The lowest BCUT2D eigenvalue weighted by molar-refractivity contribution is -0.137. The van der Waals surface area contributed by atoms with Crippen molar-refractivity contribution in [2.75, 3.05) is 12.4 Å². The molecular weight excluding hydrogens is 401 g/mol. The van der Waals surface area contributed by atoms with Gasteiger partial charge in [0.2, 0.25) is 0 Å². The Morgan fingerprint density at radius 2 is 1.93 bits per heavy atom. The monoisotopic (exact) mass is 422 g/mol. The van der Waals surface area contributed by atoms with Crippen LogP contribution < -0.4 is 10.1 Å². The number of aliphatic hydroxyl groups is 2. The Hall–Kier alpha value is -2.85. The smallest absolute Gasteiger partial charge is 0.416 e. The van der Waals surface area contributed by atoms with Gasteiger partial charge in [0.1, 0.15) is 17.7 Å². The summed E-state index contributed by atoms with van der Waals surface area (Å²) in [5.74, 6) is 0.684. The second-order valence-electron chi connectivity index (χ2n) is 7.49. The van der Waals surface area contributed by atoms with Crippen molar-refractivity contribution in [2.24, 2.45) is 5.92 Å². The quantitative estimate of drug-likeness (QED) is 0.599. The van der Waals surface area contributed by atoms with Crippen LogP contribution in [0.5, 0.6) is 5.75 Å². The van der Waals surface area contributed by atoms with Gasteiger partial charge in [-0.1, -0.05) is 6.92 Å². The molecule has 0 aliphatic heterocycles. The molecule has 1 aliphatic rings. The maximum atomic E-state index is 13.2. The number of benzene rings is 1. The third kappa shape index (κ3) is 3.56. The number of nitrogens with one attached hydrogen (secondary N) is 1. The van der Waals surface area contributed by atoms with Crippen molar-refractivity contribution in [2.45, 2.75) is 37.8 Å². The second kappa shape index (κ2) is 7.44. The first kappa shape index (κ1) is 20.4. The zero-order valence-corrected chi connectivity index (χ0v) is 16.3. The van der Waals surface area contributed by atoms with Gasteiger partial charge in [-0.05, 0) is 36.6 Å². The number of nitrogens with zero attached hydrogens (tertiary/aromatic N) is 3. The first-order chi connectivity index (χ1) is 14.2. The van der Waals surface area contributed by atoms with Crippen molar-refractivity contribution in [3.63, 3.8) is 0 Å². The second-order valence-corrected chi connectivity index (χ2v) is 7.49. The van der Waals surface area contributed by atoms with Crippen LogP contribution in [-0.4, -0.2) is 50.2 Å². The van der Waals surface area contributed by atoms with Crippen molar-refractivity contribution in [3.8, 4) is 17.0 Å². The highest BCUT2D eigenvalue weighted by Gasteiger charge is 2.39. The van der Waals surface area contributed by atoms with Crippen LogP contribution in [0.25, 0.3) is 16.9 Å². The first-order valence-corrected chi connectivity index (χ1v) is 9.42. The summed E-state index contributed by atoms with van der Waals surface area (Å²) < 4.78 is 46.2. The number of hydrogen-bond donors (Lipinski definition) is 3. The van der Waals surface area contributed by atoms with Crippen molar-refractivity contribution >= 4 is 11.5 Å². The topological polar surface area (TPSA) is 91.9 Å². The molecule has 2 aromatic heterocycles. The summed E-state index contributed by atoms with van der Waals surface area (Å²) in [7, 11) is 1.38. The van der Waals surface area contributed by atoms with Crippen LogP contribution in [0.3, 0.4) is 0 Å². The summed E-state index contributed by atoms with van der Waals surface area (Å²) in [6.07, 6.45) is -4.18. The van der Waals surface area contributed by atoms with Gasteiger partial charge in [0, 0.05) is 17.8 Å². The van der Waals surface area contributed by atoms with Crippen LogP contribution >= 0.6 is 0 Å². The van der Waals surface area contributed by atoms with E-state index in [1.165, 1.54) is 23.9 Å². The minimum atomic E-state index is -4.50. The number of aliphatic hydroxyl groups excluding tert-OH is 2. The molecular formula is C20H21F3N4O3. The molecule has 0 bridgehead atoms. The fourth-order valence-electron chi connectivity index (χ4n) is 3.81. The van der Waals surface area contributed by atoms with E-state index in [0.717, 1.165) is 12.1 Å². The molecule has 0 spiro atoms. The van der Waals surface area contributed by atoms with Gasteiger partial charge in [-0.2, -0.15) is 22.8 Å². The van der Waals surface area contributed by atoms with E-state index in [0.29, 0.717) is 17.9 Å². The van der Waals surface area contributed by atoms with Crippen LogP contribution in [0.15, 0.2) is 36.5 Å². The van der Waals surface area contributed by atoms with Crippen LogP contribution in [0.1, 0.15) is 18.9 Å². The highest BCUT2D eigenvalue weighted by atomic mass is 19.4. The van der Waals surface area contributed by atoms with Crippen molar-refractivity contribution in [1.29, 1.82) is 0 Å². The molecule has 3 N–H and O–H groups in total. The molecule has 1 fully saturated rings. The van der Waals surface area contributed by atoms with Crippen LogP contribution in [0.2, 0.25) is 0 Å². The minimum absolute atomic E-state index is 0.0719. The van der Waals surface area contributed by atoms with Crippen LogP contribution in [0.4, 0.5) is 19.0 Å². The molecule has 2 heterocycles. The fourth-order valence-corrected chi connectivity index (χ4v) is 3.81. The van der Waals surface area contributed by atoms with Crippen LogP contribution in [-0.2, 0) is 6.18 Å². The Morgan fingerprint density at radius 1 is 1.17 bits per heavy atom. The van der Waals surface area contributed by atoms with Gasteiger partial charge < -0.3 is 20.3 Å². The number of anilines is 1.